The summed E-state index contributed by atoms with van der Waals surface area (Å²) in [6, 6.07) is 13.4. The molecule has 0 bridgehead atoms. The standard InChI is InChI=1S/C18H24.2C12H26O4S.2Na/c1-13(2)11-16-10-9-15-7-5-6-8-17(15)18(16)12-14(3)4;2*1-2-3-4-5-6-7-8-9-10-11-12-16-17(13,14)15;;/h5-10,13-14H,11-12H2,1-4H3;2*2-12H2,1H3,(H,13,14,15);;/q;;;2*+1/p-2. The van der Waals surface area contributed by atoms with Crippen LogP contribution in [0.15, 0.2) is 36.4 Å². The van der Waals surface area contributed by atoms with Gasteiger partial charge in [-0.3, -0.25) is 8.37 Å². The van der Waals surface area contributed by atoms with Crippen LogP contribution in [0.3, 0.4) is 0 Å². The number of unbranched alkanes of at least 4 members (excludes halogenated alkanes) is 18. The average molecular weight is 817 g/mol. The number of rotatable bonds is 28. The van der Waals surface area contributed by atoms with E-state index in [1.807, 2.05) is 0 Å². The third-order valence-corrected chi connectivity index (χ3v) is 9.74. The van der Waals surface area contributed by atoms with Gasteiger partial charge in [-0.15, -0.1) is 0 Å². The third-order valence-electron chi connectivity index (χ3n) is 8.83. The smallest absolute Gasteiger partial charge is 0.726 e. The first kappa shape index (κ1) is 58.8. The molecule has 0 unspecified atom stereocenters. The van der Waals surface area contributed by atoms with Crippen molar-refractivity contribution in [2.24, 2.45) is 11.8 Å². The van der Waals surface area contributed by atoms with Crippen LogP contribution in [0.4, 0.5) is 0 Å². The van der Waals surface area contributed by atoms with Gasteiger partial charge in [0.05, 0.1) is 13.2 Å². The van der Waals surface area contributed by atoms with Crippen molar-refractivity contribution in [3.8, 4) is 0 Å². The molecule has 0 amide bonds. The van der Waals surface area contributed by atoms with Crippen molar-refractivity contribution in [3.63, 3.8) is 0 Å². The fraction of sp³-hybridized carbons (Fsp3) is 0.762. The van der Waals surface area contributed by atoms with Crippen molar-refractivity contribution >= 4 is 31.6 Å². The van der Waals surface area contributed by atoms with E-state index in [1.165, 1.54) is 119 Å². The minimum Gasteiger partial charge on any atom is -0.726 e. The molecular weight excluding hydrogens is 743 g/mol. The Kier molecular flexibility index (Phi) is 41.0. The molecule has 2 rings (SSSR count). The van der Waals surface area contributed by atoms with Gasteiger partial charge in [0.15, 0.2) is 0 Å². The third kappa shape index (κ3) is 38.0. The van der Waals surface area contributed by atoms with E-state index in [-0.39, 0.29) is 72.3 Å². The van der Waals surface area contributed by atoms with E-state index < -0.39 is 20.8 Å². The maximum Gasteiger partial charge on any atom is 1.00 e. The molecule has 0 saturated carbocycles. The van der Waals surface area contributed by atoms with Gasteiger partial charge in [-0.25, -0.2) is 16.8 Å². The van der Waals surface area contributed by atoms with Gasteiger partial charge in [0.25, 0.3) is 0 Å². The predicted octanol–water partition coefficient (Wildman–Crippen LogP) is 6.01. The van der Waals surface area contributed by atoms with Crippen LogP contribution in [0.2, 0.25) is 0 Å². The summed E-state index contributed by atoms with van der Waals surface area (Å²) in [4.78, 5) is 0. The Morgan fingerprint density at radius 2 is 0.852 bits per heavy atom. The van der Waals surface area contributed by atoms with E-state index in [0.717, 1.165) is 31.6 Å². The van der Waals surface area contributed by atoms with Gasteiger partial charge >= 0.3 is 59.1 Å². The zero-order valence-corrected chi connectivity index (χ0v) is 41.3. The second kappa shape index (κ2) is 37.7. The van der Waals surface area contributed by atoms with Crippen LogP contribution in [0.5, 0.6) is 0 Å². The fourth-order valence-corrected chi connectivity index (χ4v) is 6.81. The molecule has 0 atom stereocenters. The minimum absolute atomic E-state index is 0. The normalized spacial score (nSPS) is 11.4. The van der Waals surface area contributed by atoms with Crippen molar-refractivity contribution in [2.75, 3.05) is 13.2 Å². The number of hydrogen-bond acceptors (Lipinski definition) is 8. The zero-order chi connectivity index (χ0) is 39.1. The molecule has 0 fully saturated rings. The second-order valence-corrected chi connectivity index (χ2v) is 17.0. The molecule has 0 aliphatic carbocycles. The summed E-state index contributed by atoms with van der Waals surface area (Å²) in [7, 11) is -8.97. The van der Waals surface area contributed by atoms with Crippen LogP contribution in [0.25, 0.3) is 10.8 Å². The van der Waals surface area contributed by atoms with Crippen molar-refractivity contribution < 1.29 is 93.4 Å². The molecule has 0 saturated heterocycles. The first-order valence-corrected chi connectivity index (χ1v) is 23.1. The van der Waals surface area contributed by atoms with E-state index in [2.05, 4.69) is 86.3 Å². The van der Waals surface area contributed by atoms with Crippen molar-refractivity contribution in [3.05, 3.63) is 47.5 Å². The van der Waals surface area contributed by atoms with E-state index >= 15 is 0 Å². The summed E-state index contributed by atoms with van der Waals surface area (Å²) in [5.41, 5.74) is 3.11. The number of hydrogen-bond donors (Lipinski definition) is 0. The van der Waals surface area contributed by atoms with Crippen molar-refractivity contribution in [2.45, 2.75) is 183 Å². The van der Waals surface area contributed by atoms with E-state index in [1.54, 1.807) is 5.56 Å². The van der Waals surface area contributed by atoms with Crippen molar-refractivity contribution in [1.29, 1.82) is 0 Å². The molecule has 8 nitrogen and oxygen atoms in total. The predicted molar refractivity (Wildman–Crippen MR) is 216 cm³/mol. The molecule has 0 N–H and O–H groups in total. The van der Waals surface area contributed by atoms with Crippen LogP contribution in [-0.2, 0) is 42.0 Å². The van der Waals surface area contributed by atoms with E-state index in [4.69, 9.17) is 0 Å². The Balaban J connectivity index is -0.000000710. The molecule has 304 valence electrons. The van der Waals surface area contributed by atoms with Gasteiger partial charge in [0, 0.05) is 0 Å². The molecule has 0 radical (unpaired) electrons. The Hall–Kier alpha value is 0.440. The Morgan fingerprint density at radius 3 is 1.20 bits per heavy atom. The largest absolute Gasteiger partial charge is 1.00 e. The Labute approximate surface area is 377 Å². The quantitative estimate of drug-likeness (QED) is 0.0442. The van der Waals surface area contributed by atoms with Gasteiger partial charge in [0.2, 0.25) is 20.8 Å². The number of fused-ring (bicyclic) bond motifs is 1. The molecule has 2 aromatic carbocycles. The maximum absolute atomic E-state index is 10.1. The van der Waals surface area contributed by atoms with Gasteiger partial charge < -0.3 is 9.11 Å². The molecule has 0 spiro atoms. The van der Waals surface area contributed by atoms with Gasteiger partial charge in [-0.2, -0.15) is 0 Å². The molecule has 54 heavy (non-hydrogen) atoms. The van der Waals surface area contributed by atoms with Gasteiger partial charge in [-0.1, -0.05) is 194 Å². The van der Waals surface area contributed by atoms with E-state index in [0.29, 0.717) is 18.8 Å². The molecule has 0 aromatic heterocycles. The second-order valence-electron chi connectivity index (χ2n) is 14.9. The zero-order valence-electron chi connectivity index (χ0n) is 35.7. The van der Waals surface area contributed by atoms with Crippen LogP contribution in [-0.4, -0.2) is 39.2 Å². The summed E-state index contributed by atoms with van der Waals surface area (Å²) in [6.45, 7) is 13.7. The summed E-state index contributed by atoms with van der Waals surface area (Å²) in [5.74, 6) is 1.43. The summed E-state index contributed by atoms with van der Waals surface area (Å²) < 4.78 is 68.9. The minimum atomic E-state index is -4.48. The Morgan fingerprint density at radius 1 is 0.500 bits per heavy atom. The van der Waals surface area contributed by atoms with Crippen LogP contribution < -0.4 is 59.1 Å². The summed E-state index contributed by atoms with van der Waals surface area (Å²) >= 11 is 0. The monoisotopic (exact) mass is 816 g/mol. The van der Waals surface area contributed by atoms with Crippen molar-refractivity contribution in [1.82, 2.24) is 0 Å². The molecule has 0 aliphatic heterocycles. The Bertz CT molecular complexity index is 1300. The molecular formula is C42H74Na2O8S2. The summed E-state index contributed by atoms with van der Waals surface area (Å²) in [6.07, 6.45) is 25.8. The fourth-order valence-electron chi connectivity index (χ4n) is 6.16. The number of benzene rings is 2. The summed E-state index contributed by atoms with van der Waals surface area (Å²) in [5, 5.41) is 2.82. The van der Waals surface area contributed by atoms with Gasteiger partial charge in [0.1, 0.15) is 0 Å². The van der Waals surface area contributed by atoms with E-state index in [9.17, 15) is 25.9 Å². The SMILES string of the molecule is CC(C)Cc1ccc2ccccc2c1CC(C)C.CCCCCCCCCCCCOS(=O)(=O)[O-].CCCCCCCCCCCCOS(=O)(=O)[O-].[Na+].[Na+]. The van der Waals surface area contributed by atoms with Crippen LogP contribution in [0.1, 0.15) is 181 Å². The molecule has 0 aliphatic rings. The van der Waals surface area contributed by atoms with Crippen LogP contribution >= 0.6 is 0 Å². The first-order chi connectivity index (χ1) is 24.7. The topological polar surface area (TPSA) is 133 Å². The maximum atomic E-state index is 10.1. The van der Waals surface area contributed by atoms with Gasteiger partial charge in [-0.05, 0) is 59.4 Å². The molecule has 2 aromatic rings. The molecule has 12 heteroatoms. The average Bonchev–Trinajstić information content (AvgIpc) is 3.06. The molecule has 0 heterocycles. The first-order valence-electron chi connectivity index (χ1n) is 20.4. The van der Waals surface area contributed by atoms with Crippen LogP contribution in [0, 0.1) is 11.8 Å².